The quantitative estimate of drug-likeness (QED) is 0.387. The van der Waals surface area contributed by atoms with Crippen LogP contribution in [0.4, 0.5) is 5.69 Å². The lowest BCUT2D eigenvalue weighted by Gasteiger charge is -2.22. The zero-order chi connectivity index (χ0) is 20.5. The van der Waals surface area contributed by atoms with Crippen molar-refractivity contribution < 1.29 is 13.2 Å². The molecule has 0 unspecified atom stereocenters. The molecule has 0 saturated carbocycles. The van der Waals surface area contributed by atoms with E-state index >= 15 is 0 Å². The van der Waals surface area contributed by atoms with Gasteiger partial charge in [-0.1, -0.05) is 36.8 Å². The first kappa shape index (κ1) is 21.2. The summed E-state index contributed by atoms with van der Waals surface area (Å²) in [6.07, 6.45) is 0.823. The number of thiophene rings is 1. The lowest BCUT2D eigenvalue weighted by molar-refractivity contribution is 0.101. The number of amides is 1. The molecule has 28 heavy (non-hydrogen) atoms. The molecule has 0 N–H and O–H groups in total. The highest BCUT2D eigenvalue weighted by Crippen LogP contribution is 2.35. The molecule has 0 aliphatic rings. The number of nitrogens with zero attached hydrogens (tertiary/aromatic N) is 1. The smallest absolute Gasteiger partial charge is 0.267 e. The van der Waals surface area contributed by atoms with Gasteiger partial charge in [-0.15, -0.1) is 11.3 Å². The molecule has 3 rings (SSSR count). The summed E-state index contributed by atoms with van der Waals surface area (Å²) in [5.74, 6) is -0.596. The van der Waals surface area contributed by atoms with Gasteiger partial charge in [-0.3, -0.25) is 4.79 Å². The Morgan fingerprint density at radius 1 is 1.04 bits per heavy atom. The summed E-state index contributed by atoms with van der Waals surface area (Å²) < 4.78 is 29.1. The number of carbonyl (C=O) groups is 1. The largest absolute Gasteiger partial charge is 0.282 e. The fourth-order valence-electron chi connectivity index (χ4n) is 2.60. The molecule has 0 saturated heterocycles. The van der Waals surface area contributed by atoms with Crippen molar-refractivity contribution in [3.8, 4) is 0 Å². The van der Waals surface area contributed by atoms with Gasteiger partial charge in [0.25, 0.3) is 15.9 Å². The molecular formula is C20H17Br2NO3S2. The predicted octanol–water partition coefficient (Wildman–Crippen LogP) is 6.18. The van der Waals surface area contributed by atoms with Crippen molar-refractivity contribution >= 4 is 64.8 Å². The van der Waals surface area contributed by atoms with Gasteiger partial charge in [-0.25, -0.2) is 8.42 Å². The van der Waals surface area contributed by atoms with Crippen molar-refractivity contribution in [2.75, 3.05) is 4.31 Å². The first-order chi connectivity index (χ1) is 13.2. The number of sulfonamides is 1. The molecular weight excluding hydrogens is 526 g/mol. The first-order valence-electron chi connectivity index (χ1n) is 8.44. The monoisotopic (exact) mass is 541 g/mol. The van der Waals surface area contributed by atoms with Crippen molar-refractivity contribution in [1.82, 2.24) is 0 Å². The van der Waals surface area contributed by atoms with Crippen molar-refractivity contribution in [2.45, 2.75) is 25.2 Å². The molecule has 4 nitrogen and oxygen atoms in total. The summed E-state index contributed by atoms with van der Waals surface area (Å²) in [5.41, 5.74) is 2.31. The van der Waals surface area contributed by atoms with Gasteiger partial charge in [0.15, 0.2) is 0 Å². The normalized spacial score (nSPS) is 11.4. The number of aryl methyl sites for hydroxylation is 2. The van der Waals surface area contributed by atoms with Crippen molar-refractivity contribution in [2.24, 2.45) is 0 Å². The van der Waals surface area contributed by atoms with E-state index in [0.717, 1.165) is 25.6 Å². The minimum absolute atomic E-state index is 0.0701. The molecule has 2 aromatic carbocycles. The third-order valence-electron chi connectivity index (χ3n) is 4.18. The first-order valence-corrected chi connectivity index (χ1v) is 12.3. The Balaban J connectivity index is 2.15. The zero-order valence-electron chi connectivity index (χ0n) is 15.1. The molecule has 0 bridgehead atoms. The van der Waals surface area contributed by atoms with Gasteiger partial charge in [-0.2, -0.15) is 4.31 Å². The van der Waals surface area contributed by atoms with E-state index in [0.29, 0.717) is 15.0 Å². The van der Waals surface area contributed by atoms with E-state index in [4.69, 9.17) is 0 Å². The fraction of sp³-hybridized carbons (Fsp3) is 0.150. The summed E-state index contributed by atoms with van der Waals surface area (Å²) in [6.45, 7) is 3.89. The van der Waals surface area contributed by atoms with Crippen LogP contribution in [0.5, 0.6) is 0 Å². The van der Waals surface area contributed by atoms with E-state index < -0.39 is 15.9 Å². The van der Waals surface area contributed by atoms with Crippen LogP contribution in [0.3, 0.4) is 0 Å². The van der Waals surface area contributed by atoms with Gasteiger partial charge in [-0.05, 0) is 81.1 Å². The van der Waals surface area contributed by atoms with Crippen LogP contribution in [0.1, 0.15) is 27.7 Å². The minimum Gasteiger partial charge on any atom is -0.267 e. The van der Waals surface area contributed by atoms with Crippen LogP contribution in [0.2, 0.25) is 0 Å². The van der Waals surface area contributed by atoms with Crippen LogP contribution in [-0.4, -0.2) is 14.3 Å². The Kier molecular flexibility index (Phi) is 6.44. The van der Waals surface area contributed by atoms with Gasteiger partial charge < -0.3 is 0 Å². The molecule has 0 radical (unpaired) electrons. The second-order valence-electron chi connectivity index (χ2n) is 6.14. The second-order valence-corrected chi connectivity index (χ2v) is 11.2. The van der Waals surface area contributed by atoms with E-state index in [1.165, 1.54) is 23.5 Å². The van der Waals surface area contributed by atoms with Gasteiger partial charge in [0.05, 0.1) is 19.2 Å². The third kappa shape index (κ3) is 4.25. The number of hydrogen-bond acceptors (Lipinski definition) is 4. The number of halogens is 2. The minimum atomic E-state index is -4.08. The summed E-state index contributed by atoms with van der Waals surface area (Å²) >= 11 is 7.90. The highest BCUT2D eigenvalue weighted by Gasteiger charge is 2.33. The lowest BCUT2D eigenvalue weighted by atomic mass is 10.1. The Morgan fingerprint density at radius 2 is 1.64 bits per heavy atom. The maximum atomic E-state index is 13.4. The predicted molar refractivity (Wildman–Crippen MR) is 121 cm³/mol. The van der Waals surface area contributed by atoms with Gasteiger partial charge >= 0.3 is 0 Å². The van der Waals surface area contributed by atoms with Crippen LogP contribution in [0.15, 0.2) is 67.8 Å². The second kappa shape index (κ2) is 8.49. The average Bonchev–Trinajstić information content (AvgIpc) is 3.01. The number of carbonyl (C=O) groups excluding carboxylic acids is 1. The molecule has 0 fully saturated rings. The summed E-state index contributed by atoms with van der Waals surface area (Å²) in [6, 6.07) is 15.1. The van der Waals surface area contributed by atoms with Crippen molar-refractivity contribution in [3.05, 3.63) is 78.9 Å². The van der Waals surface area contributed by atoms with E-state index in [2.05, 4.69) is 31.9 Å². The Bertz CT molecular complexity index is 1090. The van der Waals surface area contributed by atoms with Gasteiger partial charge in [0.1, 0.15) is 0 Å². The number of hydrogen-bond donors (Lipinski definition) is 0. The highest BCUT2D eigenvalue weighted by molar-refractivity contribution is 9.13. The molecule has 0 atom stereocenters. The van der Waals surface area contributed by atoms with E-state index in [9.17, 15) is 13.2 Å². The highest BCUT2D eigenvalue weighted by atomic mass is 79.9. The summed E-state index contributed by atoms with van der Waals surface area (Å²) in [5, 5.41) is 0. The summed E-state index contributed by atoms with van der Waals surface area (Å²) in [7, 11) is -4.08. The Hall–Kier alpha value is -1.48. The summed E-state index contributed by atoms with van der Waals surface area (Å²) in [4.78, 5) is 13.7. The number of anilines is 1. The fourth-order valence-corrected chi connectivity index (χ4v) is 6.03. The van der Waals surface area contributed by atoms with Crippen LogP contribution in [0, 0.1) is 6.92 Å². The molecule has 3 aromatic rings. The molecule has 1 amide bonds. The third-order valence-corrected chi connectivity index (χ3v) is 9.15. The lowest BCUT2D eigenvalue weighted by Crippen LogP contribution is -2.36. The average molecular weight is 543 g/mol. The maximum Gasteiger partial charge on any atom is 0.282 e. The molecule has 1 aromatic heterocycles. The topological polar surface area (TPSA) is 54.5 Å². The Morgan fingerprint density at radius 3 is 2.14 bits per heavy atom. The van der Waals surface area contributed by atoms with Crippen LogP contribution < -0.4 is 4.31 Å². The van der Waals surface area contributed by atoms with Crippen LogP contribution in [-0.2, 0) is 16.4 Å². The molecule has 0 aliphatic carbocycles. The molecule has 1 heterocycles. The molecule has 146 valence electrons. The van der Waals surface area contributed by atoms with Crippen LogP contribution >= 0.6 is 43.2 Å². The van der Waals surface area contributed by atoms with Gasteiger partial charge in [0, 0.05) is 4.47 Å². The zero-order valence-corrected chi connectivity index (χ0v) is 20.0. The van der Waals surface area contributed by atoms with Crippen molar-refractivity contribution in [1.29, 1.82) is 0 Å². The maximum absolute atomic E-state index is 13.4. The Labute approximate surface area is 185 Å². The number of benzene rings is 2. The van der Waals surface area contributed by atoms with Crippen LogP contribution in [0.25, 0.3) is 0 Å². The van der Waals surface area contributed by atoms with Gasteiger partial charge in [0.2, 0.25) is 0 Å². The SMILES string of the molecule is CCc1ccc(N(C(=O)c2cc(Br)c(Br)s2)S(=O)(=O)c2ccc(C)cc2)cc1. The van der Waals surface area contributed by atoms with Crippen molar-refractivity contribution in [3.63, 3.8) is 0 Å². The molecule has 0 spiro atoms. The van der Waals surface area contributed by atoms with E-state index in [1.54, 1.807) is 30.3 Å². The van der Waals surface area contributed by atoms with E-state index in [1.807, 2.05) is 26.0 Å². The molecule has 8 heteroatoms. The van der Waals surface area contributed by atoms with E-state index in [-0.39, 0.29) is 4.90 Å². The standard InChI is InChI=1S/C20H17Br2NO3S2/c1-3-14-6-8-15(9-7-14)23(20(24)18-12-17(21)19(22)27-18)28(25,26)16-10-4-13(2)5-11-16/h4-12H,3H2,1-2H3. The number of rotatable bonds is 5. The molecule has 0 aliphatic heterocycles.